The Morgan fingerprint density at radius 2 is 1.76 bits per heavy atom. The quantitative estimate of drug-likeness (QED) is 0.454. The summed E-state index contributed by atoms with van der Waals surface area (Å²) in [5.41, 5.74) is 4.85. The van der Waals surface area contributed by atoms with Gasteiger partial charge in [-0.05, 0) is 37.1 Å². The SMILES string of the molecule is Cc1cccc(C)c1Nc1nn(CCC=O)c2nc(Nc3ccccc3)ncc12. The molecule has 4 aromatic rings. The van der Waals surface area contributed by atoms with Crippen molar-refractivity contribution in [3.63, 3.8) is 0 Å². The lowest BCUT2D eigenvalue weighted by Crippen LogP contribution is -2.04. The van der Waals surface area contributed by atoms with Crippen LogP contribution in [0.25, 0.3) is 11.0 Å². The summed E-state index contributed by atoms with van der Waals surface area (Å²) in [6.45, 7) is 4.56. The fourth-order valence-corrected chi connectivity index (χ4v) is 3.22. The predicted molar refractivity (Wildman–Crippen MR) is 115 cm³/mol. The maximum atomic E-state index is 10.9. The third-order valence-electron chi connectivity index (χ3n) is 4.70. The summed E-state index contributed by atoms with van der Waals surface area (Å²) in [5.74, 6) is 1.16. The van der Waals surface area contributed by atoms with Gasteiger partial charge in [0.25, 0.3) is 0 Å². The molecule has 0 aliphatic rings. The molecule has 0 amide bonds. The summed E-state index contributed by atoms with van der Waals surface area (Å²) in [5, 5.41) is 12.1. The minimum absolute atomic E-state index is 0.366. The first kappa shape index (κ1) is 18.6. The highest BCUT2D eigenvalue weighted by molar-refractivity contribution is 5.90. The molecule has 4 rings (SSSR count). The van der Waals surface area contributed by atoms with E-state index in [2.05, 4.69) is 51.7 Å². The van der Waals surface area contributed by atoms with E-state index in [9.17, 15) is 4.79 Å². The maximum absolute atomic E-state index is 10.9. The van der Waals surface area contributed by atoms with Gasteiger partial charge in [0.05, 0.1) is 5.39 Å². The summed E-state index contributed by atoms with van der Waals surface area (Å²) in [7, 11) is 0. The molecule has 0 spiro atoms. The number of hydrogen-bond acceptors (Lipinski definition) is 6. The van der Waals surface area contributed by atoms with Crippen molar-refractivity contribution < 1.29 is 4.79 Å². The van der Waals surface area contributed by atoms with Gasteiger partial charge in [-0.3, -0.25) is 0 Å². The van der Waals surface area contributed by atoms with Crippen molar-refractivity contribution in [3.05, 3.63) is 65.9 Å². The number of aryl methyl sites for hydroxylation is 3. The highest BCUT2D eigenvalue weighted by atomic mass is 16.1. The van der Waals surface area contributed by atoms with Gasteiger partial charge in [-0.25, -0.2) is 9.67 Å². The number of anilines is 4. The second-order valence-electron chi connectivity index (χ2n) is 6.84. The predicted octanol–water partition coefficient (Wildman–Crippen LogP) is 4.52. The average molecular weight is 386 g/mol. The van der Waals surface area contributed by atoms with E-state index in [1.54, 1.807) is 10.9 Å². The molecule has 29 heavy (non-hydrogen) atoms. The molecule has 7 heteroatoms. The molecule has 0 unspecified atom stereocenters. The van der Waals surface area contributed by atoms with E-state index < -0.39 is 0 Å². The molecule has 146 valence electrons. The van der Waals surface area contributed by atoms with E-state index in [0.717, 1.165) is 34.2 Å². The molecular weight excluding hydrogens is 364 g/mol. The Hall–Kier alpha value is -3.74. The summed E-state index contributed by atoms with van der Waals surface area (Å²) in [6, 6.07) is 15.9. The molecule has 0 aliphatic heterocycles. The number of carbonyl (C=O) groups excluding carboxylic acids is 1. The molecule has 0 radical (unpaired) electrons. The molecule has 0 saturated heterocycles. The number of rotatable bonds is 7. The number of nitrogens with zero attached hydrogens (tertiary/aromatic N) is 4. The van der Waals surface area contributed by atoms with Crippen LogP contribution >= 0.6 is 0 Å². The number of carbonyl (C=O) groups is 1. The molecule has 2 aromatic carbocycles. The molecule has 0 fully saturated rings. The number of aromatic nitrogens is 4. The maximum Gasteiger partial charge on any atom is 0.229 e. The molecular formula is C22H22N6O. The van der Waals surface area contributed by atoms with Gasteiger partial charge in [0.1, 0.15) is 6.29 Å². The Bertz CT molecular complexity index is 1130. The molecule has 0 bridgehead atoms. The van der Waals surface area contributed by atoms with Gasteiger partial charge in [-0.1, -0.05) is 36.4 Å². The molecule has 2 N–H and O–H groups in total. The lowest BCUT2D eigenvalue weighted by molar-refractivity contribution is -0.108. The summed E-state index contributed by atoms with van der Waals surface area (Å²) < 4.78 is 1.75. The fraction of sp³-hybridized carbons (Fsp3) is 0.182. The van der Waals surface area contributed by atoms with Crippen molar-refractivity contribution in [1.29, 1.82) is 0 Å². The fourth-order valence-electron chi connectivity index (χ4n) is 3.22. The zero-order valence-corrected chi connectivity index (χ0v) is 16.4. The van der Waals surface area contributed by atoms with Crippen molar-refractivity contribution in [2.24, 2.45) is 0 Å². The van der Waals surface area contributed by atoms with Crippen LogP contribution in [0, 0.1) is 13.8 Å². The second-order valence-corrected chi connectivity index (χ2v) is 6.84. The van der Waals surface area contributed by atoms with Crippen LogP contribution in [0.2, 0.25) is 0 Å². The molecule has 0 aliphatic carbocycles. The van der Waals surface area contributed by atoms with E-state index in [4.69, 9.17) is 0 Å². The standard InChI is InChI=1S/C22H22N6O/c1-15-8-6-9-16(2)19(15)25-20-18-14-23-22(24-17-10-4-3-5-11-17)26-21(18)28(27-20)12-7-13-29/h3-6,8-11,13-14H,7,12H2,1-2H3,(H,25,27)(H,23,24,26). The lowest BCUT2D eigenvalue weighted by Gasteiger charge is -2.10. The number of benzene rings is 2. The number of fused-ring (bicyclic) bond motifs is 1. The largest absolute Gasteiger partial charge is 0.338 e. The average Bonchev–Trinajstić information content (AvgIpc) is 3.07. The second kappa shape index (κ2) is 8.10. The number of aldehydes is 1. The molecule has 7 nitrogen and oxygen atoms in total. The summed E-state index contributed by atoms with van der Waals surface area (Å²) >= 11 is 0. The van der Waals surface area contributed by atoms with Gasteiger partial charge in [0.2, 0.25) is 5.95 Å². The number of hydrogen-bond donors (Lipinski definition) is 2. The van der Waals surface area contributed by atoms with Gasteiger partial charge in [0.15, 0.2) is 11.5 Å². The van der Waals surface area contributed by atoms with Crippen LogP contribution in [0.15, 0.2) is 54.7 Å². The third kappa shape index (κ3) is 3.94. The van der Waals surface area contributed by atoms with Gasteiger partial charge < -0.3 is 15.4 Å². The van der Waals surface area contributed by atoms with Crippen LogP contribution in [-0.4, -0.2) is 26.0 Å². The van der Waals surface area contributed by atoms with Gasteiger partial charge in [-0.15, -0.1) is 0 Å². The lowest BCUT2D eigenvalue weighted by atomic mass is 10.1. The van der Waals surface area contributed by atoms with Crippen molar-refractivity contribution >= 4 is 40.5 Å². The zero-order valence-electron chi connectivity index (χ0n) is 16.4. The normalized spacial score (nSPS) is 10.8. The first-order valence-corrected chi connectivity index (χ1v) is 9.48. The minimum Gasteiger partial charge on any atom is -0.338 e. The Balaban J connectivity index is 1.74. The highest BCUT2D eigenvalue weighted by Crippen LogP contribution is 2.29. The van der Waals surface area contributed by atoms with Crippen LogP contribution in [0.1, 0.15) is 17.5 Å². The Labute approximate surface area is 168 Å². The zero-order chi connectivity index (χ0) is 20.2. The first-order chi connectivity index (χ1) is 14.2. The van der Waals surface area contributed by atoms with E-state index in [1.807, 2.05) is 36.4 Å². The topological polar surface area (TPSA) is 84.7 Å². The number of para-hydroxylation sites is 2. The van der Waals surface area contributed by atoms with Gasteiger partial charge >= 0.3 is 0 Å². The minimum atomic E-state index is 0.366. The Morgan fingerprint density at radius 3 is 2.48 bits per heavy atom. The van der Waals surface area contributed by atoms with Gasteiger partial charge in [0, 0.05) is 30.5 Å². The van der Waals surface area contributed by atoms with Crippen molar-refractivity contribution in [3.8, 4) is 0 Å². The molecule has 0 saturated carbocycles. The summed E-state index contributed by atoms with van der Waals surface area (Å²) in [4.78, 5) is 20.0. The molecule has 2 aromatic heterocycles. The van der Waals surface area contributed by atoms with Crippen LogP contribution in [0.3, 0.4) is 0 Å². The first-order valence-electron chi connectivity index (χ1n) is 9.48. The van der Waals surface area contributed by atoms with Crippen LogP contribution < -0.4 is 10.6 Å². The van der Waals surface area contributed by atoms with E-state index in [0.29, 0.717) is 30.4 Å². The highest BCUT2D eigenvalue weighted by Gasteiger charge is 2.15. The van der Waals surface area contributed by atoms with Crippen LogP contribution in [-0.2, 0) is 11.3 Å². The Morgan fingerprint density at radius 1 is 1.00 bits per heavy atom. The van der Waals surface area contributed by atoms with Crippen LogP contribution in [0.5, 0.6) is 0 Å². The van der Waals surface area contributed by atoms with E-state index >= 15 is 0 Å². The van der Waals surface area contributed by atoms with Crippen LogP contribution in [0.4, 0.5) is 23.1 Å². The molecule has 2 heterocycles. The number of nitrogens with one attached hydrogen (secondary N) is 2. The molecule has 0 atom stereocenters. The Kier molecular flexibility index (Phi) is 5.20. The van der Waals surface area contributed by atoms with E-state index in [-0.39, 0.29) is 0 Å². The monoisotopic (exact) mass is 386 g/mol. The van der Waals surface area contributed by atoms with Gasteiger partial charge in [-0.2, -0.15) is 10.1 Å². The van der Waals surface area contributed by atoms with Crippen molar-refractivity contribution in [1.82, 2.24) is 19.7 Å². The smallest absolute Gasteiger partial charge is 0.229 e. The van der Waals surface area contributed by atoms with E-state index in [1.165, 1.54) is 0 Å². The van der Waals surface area contributed by atoms with Crippen molar-refractivity contribution in [2.75, 3.05) is 10.6 Å². The summed E-state index contributed by atoms with van der Waals surface area (Å²) in [6.07, 6.45) is 3.01. The third-order valence-corrected chi connectivity index (χ3v) is 4.70. The van der Waals surface area contributed by atoms with Crippen molar-refractivity contribution in [2.45, 2.75) is 26.8 Å².